The number of aliphatic hydroxyl groups excluding tert-OH is 1. The first kappa shape index (κ1) is 15.9. The summed E-state index contributed by atoms with van der Waals surface area (Å²) >= 11 is 0. The lowest BCUT2D eigenvalue weighted by Crippen LogP contribution is -2.28. The summed E-state index contributed by atoms with van der Waals surface area (Å²) in [6, 6.07) is 9.39. The van der Waals surface area contributed by atoms with Gasteiger partial charge < -0.3 is 10.4 Å². The summed E-state index contributed by atoms with van der Waals surface area (Å²) in [5.74, 6) is 0.357. The number of carbonyl (C=O) groups excluding carboxylic acids is 1. The number of hydrogen-bond acceptors (Lipinski definition) is 3. The number of rotatable bonds is 5. The van der Waals surface area contributed by atoms with E-state index in [2.05, 4.69) is 10.3 Å². The van der Waals surface area contributed by atoms with Gasteiger partial charge in [0.05, 0.1) is 11.6 Å². The lowest BCUT2D eigenvalue weighted by molar-refractivity contribution is 0.0641. The van der Waals surface area contributed by atoms with E-state index in [4.69, 9.17) is 0 Å². The minimum Gasteiger partial charge on any atom is -0.393 e. The van der Waals surface area contributed by atoms with Gasteiger partial charge in [0.25, 0.3) is 5.91 Å². The zero-order valence-corrected chi connectivity index (χ0v) is 13.4. The van der Waals surface area contributed by atoms with Gasteiger partial charge in [0, 0.05) is 23.7 Å². The first-order chi connectivity index (χ1) is 11.3. The van der Waals surface area contributed by atoms with Gasteiger partial charge in [-0.05, 0) is 49.8 Å². The highest BCUT2D eigenvalue weighted by Crippen LogP contribution is 2.27. The fourth-order valence-corrected chi connectivity index (χ4v) is 3.49. The van der Waals surface area contributed by atoms with E-state index >= 15 is 0 Å². The van der Waals surface area contributed by atoms with E-state index in [0.717, 1.165) is 43.0 Å². The Morgan fingerprint density at radius 1 is 1.22 bits per heavy atom. The zero-order valence-electron chi connectivity index (χ0n) is 13.4. The number of pyridine rings is 1. The molecule has 23 heavy (non-hydrogen) atoms. The van der Waals surface area contributed by atoms with Gasteiger partial charge in [-0.3, -0.25) is 9.78 Å². The molecule has 0 bridgehead atoms. The number of nitrogens with zero attached hydrogens (tertiary/aromatic N) is 1. The molecule has 1 amide bonds. The Bertz CT molecular complexity index is 666. The van der Waals surface area contributed by atoms with Gasteiger partial charge in [0.15, 0.2) is 0 Å². The fourth-order valence-electron chi connectivity index (χ4n) is 3.49. The van der Waals surface area contributed by atoms with Crippen molar-refractivity contribution in [2.24, 2.45) is 5.92 Å². The topological polar surface area (TPSA) is 62.2 Å². The normalized spacial score (nSPS) is 21.3. The van der Waals surface area contributed by atoms with Crippen molar-refractivity contribution in [1.29, 1.82) is 0 Å². The van der Waals surface area contributed by atoms with Crippen molar-refractivity contribution in [3.05, 3.63) is 42.1 Å². The largest absolute Gasteiger partial charge is 0.393 e. The van der Waals surface area contributed by atoms with Crippen molar-refractivity contribution >= 4 is 16.8 Å². The Kier molecular flexibility index (Phi) is 5.23. The van der Waals surface area contributed by atoms with Crippen LogP contribution in [0.5, 0.6) is 0 Å². The lowest BCUT2D eigenvalue weighted by Gasteiger charge is -2.27. The van der Waals surface area contributed by atoms with Crippen LogP contribution < -0.4 is 5.32 Å². The van der Waals surface area contributed by atoms with Gasteiger partial charge in [-0.25, -0.2) is 0 Å². The molecular formula is C19H24N2O2. The maximum absolute atomic E-state index is 12.4. The molecule has 122 valence electrons. The quantitative estimate of drug-likeness (QED) is 0.833. The van der Waals surface area contributed by atoms with Crippen LogP contribution >= 0.6 is 0 Å². The van der Waals surface area contributed by atoms with E-state index in [9.17, 15) is 9.90 Å². The molecule has 3 rings (SSSR count). The highest BCUT2D eigenvalue weighted by Gasteiger charge is 2.22. The Morgan fingerprint density at radius 3 is 2.96 bits per heavy atom. The van der Waals surface area contributed by atoms with Gasteiger partial charge in [0.2, 0.25) is 0 Å². The summed E-state index contributed by atoms with van der Waals surface area (Å²) < 4.78 is 0. The Balaban J connectivity index is 1.53. The predicted octanol–water partition coefficient (Wildman–Crippen LogP) is 3.30. The van der Waals surface area contributed by atoms with Crippen LogP contribution in [0.2, 0.25) is 0 Å². The number of nitrogens with one attached hydrogen (secondary N) is 1. The molecule has 0 radical (unpaired) electrons. The van der Waals surface area contributed by atoms with Crippen molar-refractivity contribution < 1.29 is 9.90 Å². The Morgan fingerprint density at radius 2 is 2.09 bits per heavy atom. The van der Waals surface area contributed by atoms with E-state index in [-0.39, 0.29) is 12.0 Å². The maximum Gasteiger partial charge on any atom is 0.251 e. The smallest absolute Gasteiger partial charge is 0.251 e. The van der Waals surface area contributed by atoms with Gasteiger partial charge >= 0.3 is 0 Å². The highest BCUT2D eigenvalue weighted by molar-refractivity contribution is 6.06. The van der Waals surface area contributed by atoms with Crippen molar-refractivity contribution in [2.75, 3.05) is 6.54 Å². The van der Waals surface area contributed by atoms with Gasteiger partial charge in [0.1, 0.15) is 0 Å². The summed E-state index contributed by atoms with van der Waals surface area (Å²) in [4.78, 5) is 16.7. The summed E-state index contributed by atoms with van der Waals surface area (Å²) in [6.45, 7) is 0.651. The molecule has 2 unspecified atom stereocenters. The summed E-state index contributed by atoms with van der Waals surface area (Å²) in [6.07, 6.45) is 7.89. The minimum atomic E-state index is -0.149. The third-order valence-corrected chi connectivity index (χ3v) is 4.80. The van der Waals surface area contributed by atoms with Crippen LogP contribution in [-0.2, 0) is 0 Å². The molecule has 1 aliphatic carbocycles. The average molecular weight is 312 g/mol. The van der Waals surface area contributed by atoms with Crippen LogP contribution in [0, 0.1) is 5.92 Å². The number of carbonyl (C=O) groups is 1. The maximum atomic E-state index is 12.4. The molecule has 2 N–H and O–H groups in total. The standard InChI is InChI=1S/C19H24N2O2/c22-18-11-2-1-6-14(18)7-4-13-21-19(23)16-8-3-10-17-15(16)9-5-12-20-17/h3,5,8-10,12,14,18,22H,1-2,4,6-7,11,13H2,(H,21,23). The zero-order chi connectivity index (χ0) is 16.1. The van der Waals surface area contributed by atoms with Crippen molar-refractivity contribution in [2.45, 2.75) is 44.6 Å². The number of fused-ring (bicyclic) bond motifs is 1. The number of aliphatic hydroxyl groups is 1. The molecule has 1 aromatic carbocycles. The Labute approximate surface area is 136 Å². The van der Waals surface area contributed by atoms with E-state index in [1.54, 1.807) is 6.20 Å². The highest BCUT2D eigenvalue weighted by atomic mass is 16.3. The van der Waals surface area contributed by atoms with Gasteiger partial charge in [-0.1, -0.05) is 25.0 Å². The molecule has 2 atom stereocenters. The van der Waals surface area contributed by atoms with Crippen LogP contribution in [0.3, 0.4) is 0 Å². The van der Waals surface area contributed by atoms with Crippen LogP contribution in [0.15, 0.2) is 36.5 Å². The molecule has 1 saturated carbocycles. The Hall–Kier alpha value is -1.94. The van der Waals surface area contributed by atoms with E-state index in [1.807, 2.05) is 30.3 Å². The SMILES string of the molecule is O=C(NCCCC1CCCCC1O)c1cccc2ncccc12. The number of amides is 1. The fraction of sp³-hybridized carbons (Fsp3) is 0.474. The molecule has 0 spiro atoms. The first-order valence-corrected chi connectivity index (χ1v) is 8.56. The average Bonchev–Trinajstić information content (AvgIpc) is 2.59. The van der Waals surface area contributed by atoms with Crippen LogP contribution in [0.1, 0.15) is 48.9 Å². The first-order valence-electron chi connectivity index (χ1n) is 8.56. The second kappa shape index (κ2) is 7.55. The molecule has 0 saturated heterocycles. The molecule has 1 aromatic heterocycles. The minimum absolute atomic E-state index is 0.0483. The van der Waals surface area contributed by atoms with Crippen molar-refractivity contribution in [3.63, 3.8) is 0 Å². The number of benzene rings is 1. The molecule has 0 aliphatic heterocycles. The summed E-state index contributed by atoms with van der Waals surface area (Å²) in [7, 11) is 0. The number of hydrogen-bond donors (Lipinski definition) is 2. The van der Waals surface area contributed by atoms with E-state index in [0.29, 0.717) is 18.0 Å². The molecule has 4 heteroatoms. The van der Waals surface area contributed by atoms with Gasteiger partial charge in [-0.2, -0.15) is 0 Å². The van der Waals surface area contributed by atoms with Crippen LogP contribution in [0.4, 0.5) is 0 Å². The third kappa shape index (κ3) is 3.88. The summed E-state index contributed by atoms with van der Waals surface area (Å²) in [5, 5.41) is 13.9. The molecule has 4 nitrogen and oxygen atoms in total. The van der Waals surface area contributed by atoms with Crippen LogP contribution in [-0.4, -0.2) is 28.6 Å². The lowest BCUT2D eigenvalue weighted by atomic mass is 9.83. The van der Waals surface area contributed by atoms with E-state index in [1.165, 1.54) is 6.42 Å². The molecule has 2 aromatic rings. The summed E-state index contributed by atoms with van der Waals surface area (Å²) in [5.41, 5.74) is 1.51. The molecule has 1 fully saturated rings. The second-order valence-electron chi connectivity index (χ2n) is 6.39. The molecular weight excluding hydrogens is 288 g/mol. The second-order valence-corrected chi connectivity index (χ2v) is 6.39. The predicted molar refractivity (Wildman–Crippen MR) is 91.3 cm³/mol. The third-order valence-electron chi connectivity index (χ3n) is 4.80. The molecule has 1 heterocycles. The van der Waals surface area contributed by atoms with E-state index < -0.39 is 0 Å². The van der Waals surface area contributed by atoms with Gasteiger partial charge in [-0.15, -0.1) is 0 Å². The number of aromatic nitrogens is 1. The van der Waals surface area contributed by atoms with Crippen molar-refractivity contribution in [1.82, 2.24) is 10.3 Å². The monoisotopic (exact) mass is 312 g/mol. The molecule has 1 aliphatic rings. The van der Waals surface area contributed by atoms with Crippen LogP contribution in [0.25, 0.3) is 10.9 Å². The van der Waals surface area contributed by atoms with Crippen molar-refractivity contribution in [3.8, 4) is 0 Å².